The molecule has 0 spiro atoms. The van der Waals surface area contributed by atoms with Crippen LogP contribution in [0.4, 0.5) is 0 Å². The summed E-state index contributed by atoms with van der Waals surface area (Å²) in [7, 11) is 3.57. The van der Waals surface area contributed by atoms with Crippen molar-refractivity contribution >= 4 is 5.97 Å². The fourth-order valence-corrected chi connectivity index (χ4v) is 1.97. The van der Waals surface area contributed by atoms with E-state index in [1.165, 1.54) is 0 Å². The standard InChI is InChI=1S/C16H25NO3/c1-5-6-11-20-16(18)12-17(3)13(2)14-9-7-8-10-15(14)19-4/h7-10,13H,5-6,11-12H2,1-4H3. The summed E-state index contributed by atoms with van der Waals surface area (Å²) in [5.74, 6) is 0.661. The normalized spacial score (nSPS) is 12.2. The average Bonchev–Trinajstić information content (AvgIpc) is 2.46. The van der Waals surface area contributed by atoms with E-state index in [4.69, 9.17) is 9.47 Å². The summed E-state index contributed by atoms with van der Waals surface area (Å²) in [6.07, 6.45) is 1.94. The molecular formula is C16H25NO3. The first-order valence-corrected chi connectivity index (χ1v) is 7.08. The van der Waals surface area contributed by atoms with Gasteiger partial charge in [0, 0.05) is 11.6 Å². The molecule has 0 N–H and O–H groups in total. The SMILES string of the molecule is CCCCOC(=O)CN(C)C(C)c1ccccc1OC. The molecule has 0 aromatic heterocycles. The first-order chi connectivity index (χ1) is 9.60. The molecule has 0 saturated heterocycles. The molecule has 1 unspecified atom stereocenters. The van der Waals surface area contributed by atoms with Crippen LogP contribution in [-0.2, 0) is 9.53 Å². The third-order valence-corrected chi connectivity index (χ3v) is 3.39. The third-order valence-electron chi connectivity index (χ3n) is 3.39. The van der Waals surface area contributed by atoms with Gasteiger partial charge in [0.05, 0.1) is 20.3 Å². The van der Waals surface area contributed by atoms with E-state index in [0.29, 0.717) is 6.61 Å². The summed E-state index contributed by atoms with van der Waals surface area (Å²) in [4.78, 5) is 13.7. The van der Waals surface area contributed by atoms with Crippen molar-refractivity contribution in [1.29, 1.82) is 0 Å². The average molecular weight is 279 g/mol. The van der Waals surface area contributed by atoms with Crippen molar-refractivity contribution in [2.45, 2.75) is 32.7 Å². The first-order valence-electron chi connectivity index (χ1n) is 7.08. The number of hydrogen-bond donors (Lipinski definition) is 0. The summed E-state index contributed by atoms with van der Waals surface area (Å²) < 4.78 is 10.5. The van der Waals surface area contributed by atoms with Gasteiger partial charge in [0.2, 0.25) is 0 Å². The number of para-hydroxylation sites is 1. The van der Waals surface area contributed by atoms with Gasteiger partial charge in [-0.3, -0.25) is 9.69 Å². The van der Waals surface area contributed by atoms with Crippen LogP contribution in [0, 0.1) is 0 Å². The molecule has 0 aliphatic carbocycles. The lowest BCUT2D eigenvalue weighted by molar-refractivity contribution is -0.145. The molecular weight excluding hydrogens is 254 g/mol. The fourth-order valence-electron chi connectivity index (χ4n) is 1.97. The molecule has 0 heterocycles. The minimum absolute atomic E-state index is 0.0878. The van der Waals surface area contributed by atoms with Gasteiger partial charge in [-0.1, -0.05) is 31.5 Å². The minimum atomic E-state index is -0.178. The van der Waals surface area contributed by atoms with E-state index in [2.05, 4.69) is 13.8 Å². The maximum atomic E-state index is 11.7. The van der Waals surface area contributed by atoms with Crippen LogP contribution in [0.25, 0.3) is 0 Å². The molecule has 20 heavy (non-hydrogen) atoms. The summed E-state index contributed by atoms with van der Waals surface area (Å²) >= 11 is 0. The number of benzene rings is 1. The van der Waals surface area contributed by atoms with Crippen LogP contribution in [0.3, 0.4) is 0 Å². The van der Waals surface area contributed by atoms with Crippen molar-refractivity contribution < 1.29 is 14.3 Å². The monoisotopic (exact) mass is 279 g/mol. The smallest absolute Gasteiger partial charge is 0.320 e. The molecule has 112 valence electrons. The number of hydrogen-bond acceptors (Lipinski definition) is 4. The van der Waals surface area contributed by atoms with Gasteiger partial charge in [-0.2, -0.15) is 0 Å². The Kier molecular flexibility index (Phi) is 7.09. The van der Waals surface area contributed by atoms with Crippen molar-refractivity contribution in [3.8, 4) is 5.75 Å². The van der Waals surface area contributed by atoms with E-state index in [1.807, 2.05) is 36.2 Å². The summed E-state index contributed by atoms with van der Waals surface area (Å²) in [6, 6.07) is 7.95. The molecule has 1 rings (SSSR count). The second kappa shape index (κ2) is 8.59. The van der Waals surface area contributed by atoms with Crippen molar-refractivity contribution in [3.05, 3.63) is 29.8 Å². The van der Waals surface area contributed by atoms with Gasteiger partial charge in [-0.25, -0.2) is 0 Å². The van der Waals surface area contributed by atoms with Crippen LogP contribution in [0.5, 0.6) is 5.75 Å². The van der Waals surface area contributed by atoms with Gasteiger partial charge in [-0.05, 0) is 26.5 Å². The Bertz CT molecular complexity index is 420. The van der Waals surface area contributed by atoms with Crippen molar-refractivity contribution in [1.82, 2.24) is 4.90 Å². The Hall–Kier alpha value is -1.55. The Morgan fingerprint density at radius 1 is 1.35 bits per heavy atom. The Labute approximate surface area is 121 Å². The quantitative estimate of drug-likeness (QED) is 0.541. The van der Waals surface area contributed by atoms with Crippen molar-refractivity contribution in [2.24, 2.45) is 0 Å². The molecule has 0 amide bonds. The van der Waals surface area contributed by atoms with Gasteiger partial charge >= 0.3 is 5.97 Å². The molecule has 1 aromatic carbocycles. The zero-order valence-corrected chi connectivity index (χ0v) is 12.9. The highest BCUT2D eigenvalue weighted by molar-refractivity contribution is 5.71. The number of carbonyl (C=O) groups is 1. The highest BCUT2D eigenvalue weighted by Gasteiger charge is 2.18. The maximum Gasteiger partial charge on any atom is 0.320 e. The number of nitrogens with zero attached hydrogens (tertiary/aromatic N) is 1. The van der Waals surface area contributed by atoms with Crippen LogP contribution >= 0.6 is 0 Å². The van der Waals surface area contributed by atoms with E-state index in [0.717, 1.165) is 24.2 Å². The summed E-state index contributed by atoms with van der Waals surface area (Å²) in [5.41, 5.74) is 1.07. The molecule has 0 saturated carbocycles. The van der Waals surface area contributed by atoms with Crippen LogP contribution in [-0.4, -0.2) is 38.2 Å². The van der Waals surface area contributed by atoms with Crippen molar-refractivity contribution in [3.63, 3.8) is 0 Å². The largest absolute Gasteiger partial charge is 0.496 e. The molecule has 0 radical (unpaired) electrons. The second-order valence-corrected chi connectivity index (χ2v) is 4.91. The predicted molar refractivity (Wildman–Crippen MR) is 79.9 cm³/mol. The van der Waals surface area contributed by atoms with Crippen LogP contribution < -0.4 is 4.74 Å². The number of methoxy groups -OCH3 is 1. The lowest BCUT2D eigenvalue weighted by Gasteiger charge is -2.25. The highest BCUT2D eigenvalue weighted by Crippen LogP contribution is 2.27. The molecule has 1 aromatic rings. The molecule has 0 bridgehead atoms. The van der Waals surface area contributed by atoms with Crippen LogP contribution in [0.1, 0.15) is 38.3 Å². The van der Waals surface area contributed by atoms with Gasteiger partial charge in [0.15, 0.2) is 0 Å². The number of likely N-dealkylation sites (N-methyl/N-ethyl adjacent to an activating group) is 1. The number of rotatable bonds is 8. The van der Waals surface area contributed by atoms with Crippen LogP contribution in [0.15, 0.2) is 24.3 Å². The molecule has 4 nitrogen and oxygen atoms in total. The Morgan fingerprint density at radius 3 is 2.70 bits per heavy atom. The van der Waals surface area contributed by atoms with Crippen molar-refractivity contribution in [2.75, 3.05) is 27.3 Å². The Morgan fingerprint density at radius 2 is 2.05 bits per heavy atom. The summed E-state index contributed by atoms with van der Waals surface area (Å²) in [5, 5.41) is 0. The van der Waals surface area contributed by atoms with E-state index >= 15 is 0 Å². The van der Waals surface area contributed by atoms with E-state index in [9.17, 15) is 4.79 Å². The lowest BCUT2D eigenvalue weighted by atomic mass is 10.1. The number of ether oxygens (including phenoxy) is 2. The summed E-state index contributed by atoms with van der Waals surface area (Å²) in [6.45, 7) is 4.91. The first kappa shape index (κ1) is 16.5. The van der Waals surface area contributed by atoms with Gasteiger partial charge in [0.25, 0.3) is 0 Å². The third kappa shape index (κ3) is 4.85. The Balaban J connectivity index is 2.58. The predicted octanol–water partition coefficient (Wildman–Crippen LogP) is 3.03. The van der Waals surface area contributed by atoms with Gasteiger partial charge in [-0.15, -0.1) is 0 Å². The molecule has 0 aliphatic rings. The second-order valence-electron chi connectivity index (χ2n) is 4.91. The maximum absolute atomic E-state index is 11.7. The topological polar surface area (TPSA) is 38.8 Å². The van der Waals surface area contributed by atoms with E-state index < -0.39 is 0 Å². The number of esters is 1. The minimum Gasteiger partial charge on any atom is -0.496 e. The van der Waals surface area contributed by atoms with Crippen LogP contribution in [0.2, 0.25) is 0 Å². The zero-order valence-electron chi connectivity index (χ0n) is 12.9. The van der Waals surface area contributed by atoms with E-state index in [-0.39, 0.29) is 18.6 Å². The molecule has 0 aliphatic heterocycles. The number of carbonyl (C=O) groups excluding carboxylic acids is 1. The highest BCUT2D eigenvalue weighted by atomic mass is 16.5. The lowest BCUT2D eigenvalue weighted by Crippen LogP contribution is -2.30. The zero-order chi connectivity index (χ0) is 15.0. The molecule has 4 heteroatoms. The van der Waals surface area contributed by atoms with Gasteiger partial charge in [0.1, 0.15) is 5.75 Å². The van der Waals surface area contributed by atoms with Gasteiger partial charge < -0.3 is 9.47 Å². The number of unbranched alkanes of at least 4 members (excludes halogenated alkanes) is 1. The molecule has 1 atom stereocenters. The van der Waals surface area contributed by atoms with E-state index in [1.54, 1.807) is 7.11 Å². The fraction of sp³-hybridized carbons (Fsp3) is 0.562. The molecule has 0 fully saturated rings.